The van der Waals surface area contributed by atoms with Gasteiger partial charge in [-0.05, 0) is 75.5 Å². The minimum Gasteiger partial charge on any atom is -0.339 e. The fraction of sp³-hybridized carbons (Fsp3) is 0.444. The molecule has 8 heteroatoms. The summed E-state index contributed by atoms with van der Waals surface area (Å²) in [6.45, 7) is 1.90. The van der Waals surface area contributed by atoms with Crippen LogP contribution >= 0.6 is 0 Å². The van der Waals surface area contributed by atoms with Gasteiger partial charge in [-0.1, -0.05) is 30.3 Å². The Hall–Kier alpha value is -3.26. The van der Waals surface area contributed by atoms with Crippen molar-refractivity contribution >= 4 is 17.8 Å². The molecular weight excluding hydrogens is 447 g/mol. The van der Waals surface area contributed by atoms with E-state index in [-0.39, 0.29) is 29.6 Å². The van der Waals surface area contributed by atoms with Crippen LogP contribution in [0.25, 0.3) is 0 Å². The van der Waals surface area contributed by atoms with Gasteiger partial charge >= 0.3 is 6.03 Å². The first kappa shape index (κ1) is 24.9. The lowest BCUT2D eigenvalue weighted by Gasteiger charge is -2.41. The Bertz CT molecular complexity index is 1050. The van der Waals surface area contributed by atoms with E-state index in [2.05, 4.69) is 5.32 Å². The SMILES string of the molecule is CN(C)CCN1C(=O)N[C@@](CCc2ccccc2)(C2CCN(C(=O)c3ccc(F)cc3)CC2)C1=O. The lowest BCUT2D eigenvalue weighted by molar-refractivity contribution is -0.134. The maximum Gasteiger partial charge on any atom is 0.325 e. The van der Waals surface area contributed by atoms with E-state index in [1.807, 2.05) is 49.3 Å². The zero-order valence-corrected chi connectivity index (χ0v) is 20.4. The molecule has 2 aromatic rings. The molecule has 2 aromatic carbocycles. The van der Waals surface area contributed by atoms with Crippen molar-refractivity contribution in [2.75, 3.05) is 40.3 Å². The average molecular weight is 481 g/mol. The number of piperidine rings is 1. The number of likely N-dealkylation sites (N-methyl/N-ethyl adjacent to an activating group) is 1. The van der Waals surface area contributed by atoms with Crippen LogP contribution in [0.15, 0.2) is 54.6 Å². The predicted molar refractivity (Wildman–Crippen MR) is 131 cm³/mol. The maximum absolute atomic E-state index is 13.7. The summed E-state index contributed by atoms with van der Waals surface area (Å²) >= 11 is 0. The lowest BCUT2D eigenvalue weighted by Crippen LogP contribution is -2.57. The van der Waals surface area contributed by atoms with Gasteiger partial charge in [-0.3, -0.25) is 14.5 Å². The van der Waals surface area contributed by atoms with E-state index in [4.69, 9.17) is 0 Å². The summed E-state index contributed by atoms with van der Waals surface area (Å²) in [5.41, 5.74) is 0.581. The molecule has 2 saturated heterocycles. The second kappa shape index (κ2) is 10.6. The molecule has 35 heavy (non-hydrogen) atoms. The molecule has 0 saturated carbocycles. The van der Waals surface area contributed by atoms with Crippen LogP contribution in [0.5, 0.6) is 0 Å². The number of aryl methyl sites for hydroxylation is 1. The number of imide groups is 1. The van der Waals surface area contributed by atoms with Crippen molar-refractivity contribution in [2.24, 2.45) is 5.92 Å². The van der Waals surface area contributed by atoms with E-state index >= 15 is 0 Å². The highest BCUT2D eigenvalue weighted by molar-refractivity contribution is 6.07. The molecule has 4 amide bonds. The van der Waals surface area contributed by atoms with Crippen molar-refractivity contribution in [1.29, 1.82) is 0 Å². The summed E-state index contributed by atoms with van der Waals surface area (Å²) in [6.07, 6.45) is 2.39. The number of carbonyl (C=O) groups is 3. The number of halogens is 1. The third-order valence-corrected chi connectivity index (χ3v) is 7.19. The van der Waals surface area contributed by atoms with Crippen LogP contribution in [0.2, 0.25) is 0 Å². The van der Waals surface area contributed by atoms with Crippen LogP contribution in [0.3, 0.4) is 0 Å². The number of rotatable bonds is 8. The highest BCUT2D eigenvalue weighted by atomic mass is 19.1. The second-order valence-corrected chi connectivity index (χ2v) is 9.72. The molecule has 0 unspecified atom stereocenters. The first-order valence-corrected chi connectivity index (χ1v) is 12.2. The normalized spacial score (nSPS) is 21.0. The summed E-state index contributed by atoms with van der Waals surface area (Å²) in [6, 6.07) is 15.2. The molecule has 2 fully saturated rings. The van der Waals surface area contributed by atoms with E-state index in [1.165, 1.54) is 29.2 Å². The lowest BCUT2D eigenvalue weighted by atomic mass is 9.74. The van der Waals surface area contributed by atoms with Crippen molar-refractivity contribution in [3.05, 3.63) is 71.5 Å². The number of likely N-dealkylation sites (tertiary alicyclic amines) is 1. The number of carbonyl (C=O) groups excluding carboxylic acids is 3. The Balaban J connectivity index is 1.51. The third kappa shape index (κ3) is 5.37. The molecule has 1 N–H and O–H groups in total. The molecule has 1 atom stereocenters. The van der Waals surface area contributed by atoms with Crippen LogP contribution in [0, 0.1) is 11.7 Å². The fourth-order valence-corrected chi connectivity index (χ4v) is 5.13. The number of nitrogens with zero attached hydrogens (tertiary/aromatic N) is 3. The first-order chi connectivity index (χ1) is 16.8. The average Bonchev–Trinajstić information content (AvgIpc) is 3.11. The number of amides is 4. The third-order valence-electron chi connectivity index (χ3n) is 7.19. The molecule has 0 aliphatic carbocycles. The summed E-state index contributed by atoms with van der Waals surface area (Å²) < 4.78 is 13.3. The summed E-state index contributed by atoms with van der Waals surface area (Å²) in [5.74, 6) is -0.765. The van der Waals surface area contributed by atoms with Gasteiger partial charge < -0.3 is 15.1 Å². The molecule has 2 aliphatic rings. The smallest absolute Gasteiger partial charge is 0.325 e. The largest absolute Gasteiger partial charge is 0.339 e. The number of hydrogen-bond acceptors (Lipinski definition) is 4. The molecule has 4 rings (SSSR count). The Kier molecular flexibility index (Phi) is 7.50. The van der Waals surface area contributed by atoms with Crippen LogP contribution in [0.4, 0.5) is 9.18 Å². The van der Waals surface area contributed by atoms with Gasteiger partial charge in [0, 0.05) is 31.7 Å². The van der Waals surface area contributed by atoms with Crippen molar-refractivity contribution in [2.45, 2.75) is 31.2 Å². The van der Waals surface area contributed by atoms with E-state index in [0.717, 1.165) is 5.56 Å². The highest BCUT2D eigenvalue weighted by Gasteiger charge is 2.55. The van der Waals surface area contributed by atoms with Crippen LogP contribution < -0.4 is 5.32 Å². The topological polar surface area (TPSA) is 73.0 Å². The van der Waals surface area contributed by atoms with Crippen molar-refractivity contribution in [3.63, 3.8) is 0 Å². The minimum absolute atomic E-state index is 0.0794. The fourth-order valence-electron chi connectivity index (χ4n) is 5.13. The van der Waals surface area contributed by atoms with Crippen molar-refractivity contribution in [3.8, 4) is 0 Å². The van der Waals surface area contributed by atoms with Crippen molar-refractivity contribution in [1.82, 2.24) is 20.0 Å². The molecule has 0 spiro atoms. The Morgan fingerprint density at radius 2 is 1.71 bits per heavy atom. The molecule has 7 nitrogen and oxygen atoms in total. The summed E-state index contributed by atoms with van der Waals surface area (Å²) in [5, 5.41) is 3.09. The van der Waals surface area contributed by atoms with E-state index < -0.39 is 5.54 Å². The van der Waals surface area contributed by atoms with Gasteiger partial charge in [0.2, 0.25) is 0 Å². The first-order valence-electron chi connectivity index (χ1n) is 12.2. The molecule has 2 aliphatic heterocycles. The summed E-state index contributed by atoms with van der Waals surface area (Å²) in [4.78, 5) is 44.6. The molecular formula is C27H33FN4O3. The molecule has 0 aromatic heterocycles. The van der Waals surface area contributed by atoms with Gasteiger partial charge in [0.15, 0.2) is 0 Å². The van der Waals surface area contributed by atoms with Crippen LogP contribution in [-0.2, 0) is 11.2 Å². The summed E-state index contributed by atoms with van der Waals surface area (Å²) in [7, 11) is 3.82. The number of urea groups is 1. The van der Waals surface area contributed by atoms with Gasteiger partial charge in [-0.15, -0.1) is 0 Å². The van der Waals surface area contributed by atoms with Crippen molar-refractivity contribution < 1.29 is 18.8 Å². The molecule has 2 heterocycles. The molecule has 186 valence electrons. The predicted octanol–water partition coefficient (Wildman–Crippen LogP) is 3.16. The van der Waals surface area contributed by atoms with Crippen LogP contribution in [0.1, 0.15) is 35.2 Å². The monoisotopic (exact) mass is 480 g/mol. The standard InChI is InChI=1S/C27H33FN4O3/c1-30(2)18-19-32-25(34)27(29-26(32)35,15-12-20-6-4-3-5-7-20)22-13-16-31(17-14-22)24(33)21-8-10-23(28)11-9-21/h3-11,22H,12-19H2,1-2H3,(H,29,35)/t27-/m0/s1. The van der Waals surface area contributed by atoms with Gasteiger partial charge in [0.1, 0.15) is 11.4 Å². The van der Waals surface area contributed by atoms with E-state index in [0.29, 0.717) is 57.4 Å². The maximum atomic E-state index is 13.7. The van der Waals surface area contributed by atoms with Gasteiger partial charge in [0.25, 0.3) is 11.8 Å². The quantitative estimate of drug-likeness (QED) is 0.589. The van der Waals surface area contributed by atoms with Gasteiger partial charge in [-0.25, -0.2) is 9.18 Å². The minimum atomic E-state index is -0.982. The van der Waals surface area contributed by atoms with E-state index in [9.17, 15) is 18.8 Å². The molecule has 0 radical (unpaired) electrons. The zero-order chi connectivity index (χ0) is 25.0. The van der Waals surface area contributed by atoms with Gasteiger partial charge in [0.05, 0.1) is 0 Å². The zero-order valence-electron chi connectivity index (χ0n) is 20.4. The van der Waals surface area contributed by atoms with Gasteiger partial charge in [-0.2, -0.15) is 0 Å². The second-order valence-electron chi connectivity index (χ2n) is 9.72. The Morgan fingerprint density at radius 3 is 2.34 bits per heavy atom. The number of benzene rings is 2. The number of hydrogen-bond donors (Lipinski definition) is 1. The number of nitrogens with one attached hydrogen (secondary N) is 1. The molecule has 0 bridgehead atoms. The Morgan fingerprint density at radius 1 is 1.06 bits per heavy atom. The van der Waals surface area contributed by atoms with E-state index in [1.54, 1.807) is 4.90 Å². The Labute approximate surface area is 205 Å². The van der Waals surface area contributed by atoms with Crippen LogP contribution in [-0.4, -0.2) is 78.4 Å². The highest BCUT2D eigenvalue weighted by Crippen LogP contribution is 2.37.